The van der Waals surface area contributed by atoms with Crippen LogP contribution in [0.3, 0.4) is 0 Å². The Morgan fingerprint density at radius 2 is 2.12 bits per heavy atom. The van der Waals surface area contributed by atoms with Gasteiger partial charge in [-0.3, -0.25) is 0 Å². The second-order valence-electron chi connectivity index (χ2n) is 5.25. The maximum atomic E-state index is 12.9. The van der Waals surface area contributed by atoms with Crippen molar-refractivity contribution in [3.63, 3.8) is 0 Å². The Kier molecular flexibility index (Phi) is 2.75. The van der Waals surface area contributed by atoms with Crippen molar-refractivity contribution in [2.75, 3.05) is 0 Å². The van der Waals surface area contributed by atoms with Gasteiger partial charge in [-0.2, -0.15) is 0 Å². The predicted octanol–water partition coefficient (Wildman–Crippen LogP) is 3.57. The highest BCUT2D eigenvalue weighted by Gasteiger charge is 2.52. The molecule has 1 fully saturated rings. The van der Waals surface area contributed by atoms with Crippen LogP contribution in [-0.4, -0.2) is 10.7 Å². The van der Waals surface area contributed by atoms with Crippen LogP contribution in [-0.2, 0) is 6.42 Å². The molecule has 1 aromatic carbocycles. The molecule has 0 saturated heterocycles. The summed E-state index contributed by atoms with van der Waals surface area (Å²) < 4.78 is 12.9. The van der Waals surface area contributed by atoms with Crippen molar-refractivity contribution in [2.45, 2.75) is 38.7 Å². The molecule has 0 heterocycles. The molecule has 0 bridgehead atoms. The highest BCUT2D eigenvalue weighted by atomic mass is 35.5. The van der Waals surface area contributed by atoms with Gasteiger partial charge in [-0.15, -0.1) is 0 Å². The van der Waals surface area contributed by atoms with E-state index in [1.165, 1.54) is 12.1 Å². The monoisotopic (exact) mass is 242 g/mol. The van der Waals surface area contributed by atoms with Crippen molar-refractivity contribution in [1.82, 2.24) is 0 Å². The van der Waals surface area contributed by atoms with Crippen LogP contribution in [0.2, 0.25) is 5.02 Å². The smallest absolute Gasteiger partial charge is 0.124 e. The van der Waals surface area contributed by atoms with Gasteiger partial charge in [0.15, 0.2) is 0 Å². The van der Waals surface area contributed by atoms with Crippen LogP contribution in [0.15, 0.2) is 18.2 Å². The fourth-order valence-corrected chi connectivity index (χ4v) is 2.21. The summed E-state index contributed by atoms with van der Waals surface area (Å²) >= 11 is 5.95. The first-order valence-corrected chi connectivity index (χ1v) is 5.88. The molecule has 1 saturated carbocycles. The van der Waals surface area contributed by atoms with Gasteiger partial charge in [-0.05, 0) is 42.9 Å². The van der Waals surface area contributed by atoms with Crippen LogP contribution < -0.4 is 0 Å². The molecule has 0 aliphatic heterocycles. The average molecular weight is 243 g/mol. The number of hydrogen-bond acceptors (Lipinski definition) is 1. The maximum Gasteiger partial charge on any atom is 0.124 e. The van der Waals surface area contributed by atoms with E-state index in [0.29, 0.717) is 11.4 Å². The fraction of sp³-hybridized carbons (Fsp3) is 0.538. The molecule has 16 heavy (non-hydrogen) atoms. The summed E-state index contributed by atoms with van der Waals surface area (Å²) in [6.45, 7) is 3.91. The van der Waals surface area contributed by atoms with Gasteiger partial charge in [0.05, 0.1) is 5.60 Å². The molecule has 1 atom stereocenters. The number of aliphatic hydroxyl groups is 1. The molecule has 1 aromatic rings. The number of halogens is 2. The molecule has 0 spiro atoms. The van der Waals surface area contributed by atoms with Gasteiger partial charge < -0.3 is 5.11 Å². The van der Waals surface area contributed by atoms with Gasteiger partial charge in [0.25, 0.3) is 0 Å². The lowest BCUT2D eigenvalue weighted by atomic mass is 9.82. The summed E-state index contributed by atoms with van der Waals surface area (Å²) in [6.07, 6.45) is 2.56. The standard InChI is InChI=1S/C13H16ClFO/c1-12(5-6-12)13(2,16)8-9-3-4-10(15)7-11(9)14/h3-4,7,16H,5-6,8H2,1-2H3. The summed E-state index contributed by atoms with van der Waals surface area (Å²) in [6, 6.07) is 4.33. The van der Waals surface area contributed by atoms with Crippen LogP contribution in [0.25, 0.3) is 0 Å². The average Bonchev–Trinajstić information content (AvgIpc) is 2.90. The van der Waals surface area contributed by atoms with E-state index >= 15 is 0 Å². The molecule has 1 aliphatic carbocycles. The van der Waals surface area contributed by atoms with Gasteiger partial charge in [0.2, 0.25) is 0 Å². The minimum absolute atomic E-state index is 0.00921. The van der Waals surface area contributed by atoms with E-state index in [9.17, 15) is 9.50 Å². The van der Waals surface area contributed by atoms with Crippen LogP contribution in [0.5, 0.6) is 0 Å². The maximum absolute atomic E-state index is 12.9. The summed E-state index contributed by atoms with van der Waals surface area (Å²) in [5, 5.41) is 10.8. The van der Waals surface area contributed by atoms with Gasteiger partial charge in [-0.25, -0.2) is 4.39 Å². The first-order chi connectivity index (χ1) is 7.34. The Bertz CT molecular complexity index is 410. The Morgan fingerprint density at radius 1 is 1.50 bits per heavy atom. The lowest BCUT2D eigenvalue weighted by molar-refractivity contribution is -0.00701. The van der Waals surface area contributed by atoms with Crippen LogP contribution in [0.4, 0.5) is 4.39 Å². The lowest BCUT2D eigenvalue weighted by Crippen LogP contribution is -2.36. The van der Waals surface area contributed by atoms with E-state index in [-0.39, 0.29) is 11.2 Å². The van der Waals surface area contributed by atoms with Crippen molar-refractivity contribution in [2.24, 2.45) is 5.41 Å². The van der Waals surface area contributed by atoms with Crippen molar-refractivity contribution < 1.29 is 9.50 Å². The summed E-state index contributed by atoms with van der Waals surface area (Å²) in [4.78, 5) is 0. The van der Waals surface area contributed by atoms with Crippen LogP contribution in [0, 0.1) is 11.2 Å². The first kappa shape index (κ1) is 11.9. The van der Waals surface area contributed by atoms with E-state index in [4.69, 9.17) is 11.6 Å². The van der Waals surface area contributed by atoms with Gasteiger partial charge in [0, 0.05) is 11.4 Å². The molecular weight excluding hydrogens is 227 g/mol. The molecular formula is C13H16ClFO. The van der Waals surface area contributed by atoms with E-state index in [1.54, 1.807) is 6.07 Å². The van der Waals surface area contributed by atoms with E-state index in [0.717, 1.165) is 18.4 Å². The molecule has 0 amide bonds. The van der Waals surface area contributed by atoms with Crippen LogP contribution in [0.1, 0.15) is 32.3 Å². The first-order valence-electron chi connectivity index (χ1n) is 5.50. The minimum atomic E-state index is -0.769. The molecule has 2 rings (SSSR count). The highest BCUT2D eigenvalue weighted by molar-refractivity contribution is 6.31. The predicted molar refractivity (Wildman–Crippen MR) is 63.1 cm³/mol. The quantitative estimate of drug-likeness (QED) is 0.859. The summed E-state index contributed by atoms with van der Waals surface area (Å²) in [5.74, 6) is -0.342. The Labute approximate surface area is 100 Å². The second kappa shape index (κ2) is 3.71. The third-order valence-corrected chi connectivity index (χ3v) is 4.20. The van der Waals surface area contributed by atoms with E-state index in [1.807, 2.05) is 6.92 Å². The fourth-order valence-electron chi connectivity index (χ4n) is 1.98. The zero-order valence-electron chi connectivity index (χ0n) is 9.56. The topological polar surface area (TPSA) is 20.2 Å². The van der Waals surface area contributed by atoms with E-state index < -0.39 is 5.60 Å². The van der Waals surface area contributed by atoms with Gasteiger partial charge in [-0.1, -0.05) is 24.6 Å². The minimum Gasteiger partial charge on any atom is -0.389 e. The number of rotatable bonds is 3. The lowest BCUT2D eigenvalue weighted by Gasteiger charge is -2.31. The van der Waals surface area contributed by atoms with Gasteiger partial charge >= 0.3 is 0 Å². The second-order valence-corrected chi connectivity index (χ2v) is 5.65. The zero-order chi connectivity index (χ0) is 12.0. The summed E-state index contributed by atoms with van der Waals surface area (Å²) in [7, 11) is 0. The molecule has 1 N–H and O–H groups in total. The van der Waals surface area contributed by atoms with Crippen molar-refractivity contribution in [3.8, 4) is 0 Å². The normalized spacial score (nSPS) is 21.6. The molecule has 88 valence electrons. The molecule has 1 aliphatic rings. The number of benzene rings is 1. The Hall–Kier alpha value is -0.600. The Balaban J connectivity index is 2.20. The van der Waals surface area contributed by atoms with Gasteiger partial charge in [0.1, 0.15) is 5.82 Å². The molecule has 3 heteroatoms. The van der Waals surface area contributed by atoms with Crippen molar-refractivity contribution >= 4 is 11.6 Å². The van der Waals surface area contributed by atoms with Crippen molar-refractivity contribution in [3.05, 3.63) is 34.6 Å². The number of hydrogen-bond donors (Lipinski definition) is 1. The zero-order valence-corrected chi connectivity index (χ0v) is 10.3. The molecule has 1 nitrogen and oxygen atoms in total. The highest BCUT2D eigenvalue weighted by Crippen LogP contribution is 2.54. The Morgan fingerprint density at radius 3 is 2.62 bits per heavy atom. The van der Waals surface area contributed by atoms with Crippen LogP contribution >= 0.6 is 11.6 Å². The summed E-state index contributed by atoms with van der Waals surface area (Å²) in [5.41, 5.74) is 0.0281. The third kappa shape index (κ3) is 2.09. The molecule has 1 unspecified atom stereocenters. The van der Waals surface area contributed by atoms with E-state index in [2.05, 4.69) is 6.92 Å². The third-order valence-electron chi connectivity index (χ3n) is 3.85. The largest absolute Gasteiger partial charge is 0.389 e. The van der Waals surface area contributed by atoms with Crippen molar-refractivity contribution in [1.29, 1.82) is 0 Å². The molecule has 0 radical (unpaired) electrons. The SMILES string of the molecule is CC(O)(Cc1ccc(F)cc1Cl)C1(C)CC1. The molecule has 0 aromatic heterocycles.